The minimum atomic E-state index is -4.34. The molecule has 0 spiro atoms. The average Bonchev–Trinajstić information content (AvgIpc) is 3.44. The van der Waals surface area contributed by atoms with Crippen LogP contribution in [-0.4, -0.2) is 44.0 Å². The first-order valence-corrected chi connectivity index (χ1v) is 18.5. The normalized spacial score (nSPS) is 14.9. The Labute approximate surface area is 287 Å². The SMILES string of the molecule is CCC(=Cc1sc2ccc3ccccc3c2[n+]1CCCS(=O)(=O)[O-])C=C1Sc2ccc(Cl)cc2N1CCCS(=O)(=O)[O-].[Na+]. The van der Waals surface area contributed by atoms with E-state index in [1.54, 1.807) is 29.2 Å². The molecule has 43 heavy (non-hydrogen) atoms. The van der Waals surface area contributed by atoms with Crippen LogP contribution >= 0.6 is 34.7 Å². The summed E-state index contributed by atoms with van der Waals surface area (Å²) >= 11 is 9.42. The van der Waals surface area contributed by atoms with Crippen LogP contribution in [0.4, 0.5) is 5.69 Å². The fraction of sp³-hybridized carbons (Fsp3) is 0.276. The Morgan fingerprint density at radius 2 is 1.72 bits per heavy atom. The number of hydrogen-bond acceptors (Lipinski definition) is 9. The predicted molar refractivity (Wildman–Crippen MR) is 169 cm³/mol. The summed E-state index contributed by atoms with van der Waals surface area (Å²) in [5.74, 6) is -0.899. The van der Waals surface area contributed by atoms with Gasteiger partial charge in [0.1, 0.15) is 4.70 Å². The van der Waals surface area contributed by atoms with Gasteiger partial charge in [-0.1, -0.05) is 65.9 Å². The molecular formula is C29H28ClN2NaO6S4. The molecular weight excluding hydrogens is 659 g/mol. The van der Waals surface area contributed by atoms with Gasteiger partial charge in [-0.05, 0) is 60.2 Å². The van der Waals surface area contributed by atoms with Crippen LogP contribution < -0.4 is 39.0 Å². The molecule has 0 amide bonds. The number of allylic oxidation sites excluding steroid dienone is 2. The Morgan fingerprint density at radius 3 is 2.44 bits per heavy atom. The topological polar surface area (TPSA) is 122 Å². The molecule has 1 aliphatic heterocycles. The van der Waals surface area contributed by atoms with Gasteiger partial charge < -0.3 is 14.0 Å². The van der Waals surface area contributed by atoms with E-state index in [0.29, 0.717) is 24.5 Å². The van der Waals surface area contributed by atoms with Gasteiger partial charge in [0.05, 0.1) is 36.3 Å². The summed E-state index contributed by atoms with van der Waals surface area (Å²) < 4.78 is 71.0. The van der Waals surface area contributed by atoms with Crippen LogP contribution in [0.1, 0.15) is 31.2 Å². The Morgan fingerprint density at radius 1 is 1.00 bits per heavy atom. The van der Waals surface area contributed by atoms with E-state index < -0.39 is 31.7 Å². The van der Waals surface area contributed by atoms with Crippen molar-refractivity contribution in [1.29, 1.82) is 0 Å². The van der Waals surface area contributed by atoms with Crippen LogP contribution in [-0.2, 0) is 26.8 Å². The van der Waals surface area contributed by atoms with Crippen LogP contribution in [0.2, 0.25) is 5.02 Å². The van der Waals surface area contributed by atoms with Crippen molar-refractivity contribution in [3.63, 3.8) is 0 Å². The molecule has 14 heteroatoms. The van der Waals surface area contributed by atoms with Gasteiger partial charge in [0.15, 0.2) is 6.54 Å². The summed E-state index contributed by atoms with van der Waals surface area (Å²) in [7, 11) is -8.68. The minimum Gasteiger partial charge on any atom is -0.748 e. The number of rotatable bonds is 11. The first-order chi connectivity index (χ1) is 19.9. The maximum atomic E-state index is 11.4. The first kappa shape index (κ1) is 34.4. The molecule has 0 aliphatic carbocycles. The van der Waals surface area contributed by atoms with E-state index >= 15 is 0 Å². The van der Waals surface area contributed by atoms with Gasteiger partial charge in [-0.15, -0.1) is 0 Å². The summed E-state index contributed by atoms with van der Waals surface area (Å²) in [6, 6.07) is 17.7. The van der Waals surface area contributed by atoms with Crippen molar-refractivity contribution < 1.29 is 60.1 Å². The number of fused-ring (bicyclic) bond motifs is 4. The number of nitrogens with zero attached hydrogens (tertiary/aromatic N) is 2. The zero-order valence-corrected chi connectivity index (χ0v) is 29.7. The minimum absolute atomic E-state index is 0. The molecule has 3 aromatic carbocycles. The number of thioether (sulfide) groups is 1. The van der Waals surface area contributed by atoms with Gasteiger partial charge >= 0.3 is 29.6 Å². The Kier molecular flexibility index (Phi) is 11.5. The van der Waals surface area contributed by atoms with Crippen molar-refractivity contribution >= 4 is 87.7 Å². The zero-order valence-electron chi connectivity index (χ0n) is 23.7. The Hall–Kier alpha value is -1.45. The molecule has 5 rings (SSSR count). The summed E-state index contributed by atoms with van der Waals surface area (Å²) in [4.78, 5) is 2.97. The van der Waals surface area contributed by atoms with E-state index in [2.05, 4.69) is 28.9 Å². The van der Waals surface area contributed by atoms with E-state index in [0.717, 1.165) is 47.2 Å². The fourth-order valence-corrected chi connectivity index (χ4v) is 8.44. The Bertz CT molecular complexity index is 1940. The van der Waals surface area contributed by atoms with Crippen molar-refractivity contribution in [2.75, 3.05) is 23.0 Å². The smallest absolute Gasteiger partial charge is 0.748 e. The van der Waals surface area contributed by atoms with Crippen LogP contribution in [0.15, 0.2) is 76.2 Å². The monoisotopic (exact) mass is 686 g/mol. The van der Waals surface area contributed by atoms with Crippen molar-refractivity contribution in [2.45, 2.75) is 37.6 Å². The molecule has 0 fully saturated rings. The molecule has 0 bridgehead atoms. The number of anilines is 1. The van der Waals surface area contributed by atoms with E-state index in [9.17, 15) is 25.9 Å². The molecule has 0 unspecified atom stereocenters. The maximum Gasteiger partial charge on any atom is 1.00 e. The fourth-order valence-electron chi connectivity index (χ4n) is 4.98. The van der Waals surface area contributed by atoms with Crippen LogP contribution in [0, 0.1) is 0 Å². The second kappa shape index (κ2) is 14.3. The standard InChI is InChI=1S/C29H29ClN2O6S4.Na/c1-2-20(17-27-31(13-5-15-41(33,34)35)24-19-22(30)10-12-25(24)39-27)18-28-32(14-6-16-42(36,37)38)29-23-8-4-3-7-21(23)9-11-26(29)40-28;/h3-4,7-12,17-19H,2,5-6,13-16H2,1H3,(H-,33,34,35,36,37,38);/q;+1/p-1. The summed E-state index contributed by atoms with van der Waals surface area (Å²) in [5.41, 5.74) is 2.85. The van der Waals surface area contributed by atoms with Gasteiger partial charge in [-0.2, -0.15) is 4.57 Å². The van der Waals surface area contributed by atoms with Crippen molar-refractivity contribution in [3.8, 4) is 0 Å². The largest absolute Gasteiger partial charge is 1.00 e. The van der Waals surface area contributed by atoms with Crippen LogP contribution in [0.25, 0.3) is 27.1 Å². The molecule has 222 valence electrons. The van der Waals surface area contributed by atoms with Gasteiger partial charge in [0, 0.05) is 40.5 Å². The van der Waals surface area contributed by atoms with Gasteiger partial charge in [0.2, 0.25) is 5.52 Å². The molecule has 0 saturated carbocycles. The van der Waals surface area contributed by atoms with E-state index in [-0.39, 0.29) is 42.4 Å². The summed E-state index contributed by atoms with van der Waals surface area (Å²) in [6.07, 6.45) is 5.19. The first-order valence-electron chi connectivity index (χ1n) is 13.3. The number of halogens is 1. The molecule has 8 nitrogen and oxygen atoms in total. The molecule has 2 heterocycles. The predicted octanol–water partition coefficient (Wildman–Crippen LogP) is 3.12. The van der Waals surface area contributed by atoms with Crippen LogP contribution in [0.5, 0.6) is 0 Å². The number of aryl methyl sites for hydroxylation is 1. The molecule has 1 aromatic heterocycles. The zero-order chi connectivity index (χ0) is 30.1. The van der Waals surface area contributed by atoms with E-state index in [1.807, 2.05) is 48.2 Å². The Balaban J connectivity index is 0.00000423. The third-order valence-electron chi connectivity index (χ3n) is 6.88. The average molecular weight is 687 g/mol. The number of hydrogen-bond donors (Lipinski definition) is 0. The third kappa shape index (κ3) is 8.63. The van der Waals surface area contributed by atoms with Crippen LogP contribution in [0.3, 0.4) is 0 Å². The third-order valence-corrected chi connectivity index (χ3v) is 10.9. The van der Waals surface area contributed by atoms with Crippen molar-refractivity contribution in [3.05, 3.63) is 81.3 Å². The van der Waals surface area contributed by atoms with E-state index in [4.69, 9.17) is 11.6 Å². The quantitative estimate of drug-likeness (QED) is 0.134. The summed E-state index contributed by atoms with van der Waals surface area (Å²) in [6.45, 7) is 2.74. The summed E-state index contributed by atoms with van der Waals surface area (Å²) in [5, 5.41) is 4.48. The maximum absolute atomic E-state index is 11.4. The van der Waals surface area contributed by atoms with E-state index in [1.165, 1.54) is 0 Å². The van der Waals surface area contributed by atoms with Gasteiger partial charge in [-0.3, -0.25) is 0 Å². The molecule has 4 aromatic rings. The second-order valence-corrected chi connectivity index (χ2v) is 15.5. The second-order valence-electron chi connectivity index (χ2n) is 9.88. The molecule has 0 radical (unpaired) electrons. The molecule has 1 aliphatic rings. The molecule has 0 atom stereocenters. The van der Waals surface area contributed by atoms with Gasteiger partial charge in [0.25, 0.3) is 5.01 Å². The van der Waals surface area contributed by atoms with Gasteiger partial charge in [-0.25, -0.2) is 16.8 Å². The van der Waals surface area contributed by atoms with Crippen molar-refractivity contribution in [1.82, 2.24) is 0 Å². The molecule has 0 saturated heterocycles. The van der Waals surface area contributed by atoms with Crippen molar-refractivity contribution in [2.24, 2.45) is 0 Å². The number of aromatic nitrogens is 1. The number of thiazole rings is 1. The molecule has 0 N–H and O–H groups in total. The number of benzene rings is 3.